The minimum absolute atomic E-state index is 0.000607. The lowest BCUT2D eigenvalue weighted by atomic mass is 9.86. The van der Waals surface area contributed by atoms with Crippen LogP contribution in [0.2, 0.25) is 0 Å². The Kier molecular flexibility index (Phi) is 5.50. The molecule has 0 amide bonds. The number of nitrogens with zero attached hydrogens (tertiary/aromatic N) is 1. The monoisotopic (exact) mass is 355 g/mol. The van der Waals surface area contributed by atoms with E-state index in [1.165, 1.54) is 17.6 Å². The van der Waals surface area contributed by atoms with Crippen LogP contribution in [-0.2, 0) is 17.2 Å². The van der Waals surface area contributed by atoms with Crippen LogP contribution in [0.5, 0.6) is 0 Å². The van der Waals surface area contributed by atoms with Crippen LogP contribution in [0.1, 0.15) is 71.4 Å². The summed E-state index contributed by atoms with van der Waals surface area (Å²) >= 11 is 0. The number of hydrogen-bond donors (Lipinski definition) is 0. The average Bonchev–Trinajstić information content (AvgIpc) is 2.95. The number of hydrogen-bond acceptors (Lipinski definition) is 4. The third-order valence-electron chi connectivity index (χ3n) is 4.31. The molecule has 0 saturated carbocycles. The molecule has 26 heavy (non-hydrogen) atoms. The van der Waals surface area contributed by atoms with Crippen molar-refractivity contribution in [1.29, 1.82) is 0 Å². The van der Waals surface area contributed by atoms with Crippen molar-refractivity contribution in [3.8, 4) is 0 Å². The highest BCUT2D eigenvalue weighted by Crippen LogP contribution is 2.22. The quantitative estimate of drug-likeness (QED) is 0.602. The van der Waals surface area contributed by atoms with E-state index in [9.17, 15) is 14.4 Å². The highest BCUT2D eigenvalue weighted by Gasteiger charge is 2.23. The standard InChI is InChI=1S/C21H25NO4/c1-13(23)16-11-18(22(6)12-16)20(25)26-14(2)19(24)15-7-9-17(10-8-15)21(3,4)5/h7-12,14H,1-6H3/t14-/m1/s1. The molecule has 2 rings (SSSR count). The number of aromatic nitrogens is 1. The number of benzene rings is 1. The molecule has 0 unspecified atom stereocenters. The van der Waals surface area contributed by atoms with Gasteiger partial charge in [-0.1, -0.05) is 45.0 Å². The van der Waals surface area contributed by atoms with Crippen LogP contribution in [0, 0.1) is 0 Å². The smallest absolute Gasteiger partial charge is 0.355 e. The van der Waals surface area contributed by atoms with Crippen LogP contribution in [0.4, 0.5) is 0 Å². The Labute approximate surface area is 154 Å². The first-order chi connectivity index (χ1) is 12.0. The van der Waals surface area contributed by atoms with Crippen LogP contribution in [0.15, 0.2) is 36.5 Å². The third kappa shape index (κ3) is 4.28. The Morgan fingerprint density at radius 1 is 1.04 bits per heavy atom. The predicted octanol–water partition coefficient (Wildman–Crippen LogP) is 3.95. The highest BCUT2D eigenvalue weighted by atomic mass is 16.5. The lowest BCUT2D eigenvalue weighted by Gasteiger charge is -2.19. The molecule has 0 saturated heterocycles. The molecule has 0 aliphatic carbocycles. The second-order valence-corrected chi connectivity index (χ2v) is 7.52. The molecule has 1 aromatic carbocycles. The van der Waals surface area contributed by atoms with E-state index in [2.05, 4.69) is 20.8 Å². The fourth-order valence-electron chi connectivity index (χ4n) is 2.60. The summed E-state index contributed by atoms with van der Waals surface area (Å²) in [5.74, 6) is -1.03. The maximum Gasteiger partial charge on any atom is 0.355 e. The van der Waals surface area contributed by atoms with Crippen LogP contribution in [0.3, 0.4) is 0 Å². The summed E-state index contributed by atoms with van der Waals surface area (Å²) in [6, 6.07) is 8.81. The molecule has 2 aromatic rings. The van der Waals surface area contributed by atoms with Crippen LogP contribution < -0.4 is 0 Å². The summed E-state index contributed by atoms with van der Waals surface area (Å²) in [4.78, 5) is 36.3. The Hall–Kier alpha value is -2.69. The lowest BCUT2D eigenvalue weighted by Crippen LogP contribution is -2.25. The minimum atomic E-state index is -0.918. The molecule has 0 N–H and O–H groups in total. The van der Waals surface area contributed by atoms with E-state index in [4.69, 9.17) is 4.74 Å². The molecule has 0 radical (unpaired) electrons. The van der Waals surface area contributed by atoms with E-state index in [1.807, 2.05) is 12.1 Å². The van der Waals surface area contributed by atoms with Gasteiger partial charge in [-0.05, 0) is 30.9 Å². The van der Waals surface area contributed by atoms with Gasteiger partial charge in [-0.15, -0.1) is 0 Å². The van der Waals surface area contributed by atoms with Gasteiger partial charge >= 0.3 is 5.97 Å². The second-order valence-electron chi connectivity index (χ2n) is 7.52. The zero-order chi connectivity index (χ0) is 19.6. The minimum Gasteiger partial charge on any atom is -0.450 e. The Balaban J connectivity index is 2.11. The van der Waals surface area contributed by atoms with Crippen LogP contribution in [0.25, 0.3) is 0 Å². The summed E-state index contributed by atoms with van der Waals surface area (Å²) in [6.45, 7) is 9.28. The lowest BCUT2D eigenvalue weighted by molar-refractivity contribution is 0.0309. The Morgan fingerprint density at radius 3 is 2.08 bits per heavy atom. The number of Topliss-reactive ketones (excluding diaryl/α,β-unsaturated/α-hetero) is 2. The van der Waals surface area contributed by atoms with Crippen molar-refractivity contribution in [3.05, 3.63) is 58.9 Å². The zero-order valence-corrected chi connectivity index (χ0v) is 16.1. The SMILES string of the molecule is CC(=O)c1cc(C(=O)O[C@H](C)C(=O)c2ccc(C(C)(C)C)cc2)n(C)c1. The van der Waals surface area contributed by atoms with Gasteiger partial charge in [0.25, 0.3) is 0 Å². The van der Waals surface area contributed by atoms with Gasteiger partial charge in [0.1, 0.15) is 5.69 Å². The predicted molar refractivity (Wildman–Crippen MR) is 99.8 cm³/mol. The van der Waals surface area contributed by atoms with Gasteiger partial charge in [0.15, 0.2) is 11.9 Å². The Morgan fingerprint density at radius 2 is 1.62 bits per heavy atom. The van der Waals surface area contributed by atoms with Crippen molar-refractivity contribution in [3.63, 3.8) is 0 Å². The molecule has 138 valence electrons. The van der Waals surface area contributed by atoms with E-state index in [-0.39, 0.29) is 22.7 Å². The molecule has 0 aliphatic heterocycles. The molecule has 0 fully saturated rings. The number of rotatable bonds is 5. The highest BCUT2D eigenvalue weighted by molar-refractivity contribution is 6.02. The van der Waals surface area contributed by atoms with Gasteiger partial charge < -0.3 is 9.30 Å². The summed E-state index contributed by atoms with van der Waals surface area (Å²) < 4.78 is 6.83. The topological polar surface area (TPSA) is 65.4 Å². The number of carbonyl (C=O) groups is 3. The molecular weight excluding hydrogens is 330 g/mol. The van der Waals surface area contributed by atoms with Gasteiger partial charge in [0.05, 0.1) is 0 Å². The van der Waals surface area contributed by atoms with Gasteiger partial charge in [0.2, 0.25) is 5.78 Å². The number of carbonyl (C=O) groups excluding carboxylic acids is 3. The van der Waals surface area contributed by atoms with Gasteiger partial charge in [-0.2, -0.15) is 0 Å². The van der Waals surface area contributed by atoms with E-state index in [1.54, 1.807) is 32.3 Å². The number of aryl methyl sites for hydroxylation is 1. The zero-order valence-electron chi connectivity index (χ0n) is 16.1. The van der Waals surface area contributed by atoms with E-state index < -0.39 is 12.1 Å². The first-order valence-electron chi connectivity index (χ1n) is 8.53. The van der Waals surface area contributed by atoms with Gasteiger partial charge in [-0.3, -0.25) is 9.59 Å². The maximum absolute atomic E-state index is 12.5. The molecule has 0 bridgehead atoms. The number of ketones is 2. The summed E-state index contributed by atoms with van der Waals surface area (Å²) in [5.41, 5.74) is 2.28. The maximum atomic E-state index is 12.5. The Bertz CT molecular complexity index is 838. The molecule has 1 heterocycles. The largest absolute Gasteiger partial charge is 0.450 e. The summed E-state index contributed by atoms with van der Waals surface area (Å²) in [5, 5.41) is 0. The van der Waals surface area contributed by atoms with E-state index in [0.717, 1.165) is 5.56 Å². The fourth-order valence-corrected chi connectivity index (χ4v) is 2.60. The van der Waals surface area contributed by atoms with E-state index >= 15 is 0 Å². The van der Waals surface area contributed by atoms with Crippen molar-refractivity contribution in [2.24, 2.45) is 7.05 Å². The van der Waals surface area contributed by atoms with Crippen molar-refractivity contribution in [2.45, 2.75) is 46.1 Å². The first-order valence-corrected chi connectivity index (χ1v) is 8.53. The second kappa shape index (κ2) is 7.28. The molecule has 5 heteroatoms. The van der Waals surface area contributed by atoms with Crippen molar-refractivity contribution in [2.75, 3.05) is 0 Å². The molecule has 0 spiro atoms. The average molecular weight is 355 g/mol. The van der Waals surface area contributed by atoms with Crippen LogP contribution >= 0.6 is 0 Å². The van der Waals surface area contributed by atoms with Gasteiger partial charge in [0, 0.05) is 24.4 Å². The molecular formula is C21H25NO4. The first kappa shape index (κ1) is 19.6. The molecule has 0 aliphatic rings. The summed E-state index contributed by atoms with van der Waals surface area (Å²) in [6.07, 6.45) is 0.648. The van der Waals surface area contributed by atoms with Gasteiger partial charge in [-0.25, -0.2) is 4.79 Å². The summed E-state index contributed by atoms with van der Waals surface area (Å²) in [7, 11) is 1.65. The number of esters is 1. The fraction of sp³-hybridized carbons (Fsp3) is 0.381. The molecule has 5 nitrogen and oxygen atoms in total. The molecule has 1 aromatic heterocycles. The third-order valence-corrected chi connectivity index (χ3v) is 4.31. The van der Waals surface area contributed by atoms with E-state index in [0.29, 0.717) is 11.1 Å². The van der Waals surface area contributed by atoms with Crippen molar-refractivity contribution >= 4 is 17.5 Å². The van der Waals surface area contributed by atoms with Crippen molar-refractivity contribution < 1.29 is 19.1 Å². The molecule has 1 atom stereocenters. The van der Waals surface area contributed by atoms with Crippen molar-refractivity contribution in [1.82, 2.24) is 4.57 Å². The van der Waals surface area contributed by atoms with Crippen LogP contribution in [-0.4, -0.2) is 28.2 Å². The number of ether oxygens (including phenoxy) is 1. The normalized spacial score (nSPS) is 12.5.